The van der Waals surface area contributed by atoms with Crippen molar-refractivity contribution in [2.45, 2.75) is 32.4 Å². The van der Waals surface area contributed by atoms with Crippen LogP contribution in [0.1, 0.15) is 0 Å². The quantitative estimate of drug-likeness (QED) is 0.295. The van der Waals surface area contributed by atoms with Crippen molar-refractivity contribution in [2.24, 2.45) is 0 Å². The van der Waals surface area contributed by atoms with E-state index in [1.807, 2.05) is 23.2 Å². The van der Waals surface area contributed by atoms with E-state index in [1.54, 1.807) is 18.6 Å². The number of piperazine rings is 1. The molecule has 0 aliphatic carbocycles. The molecule has 5 heterocycles. The normalized spacial score (nSPS) is 14.6. The molecule has 0 aromatic carbocycles. The Balaban J connectivity index is 1.39. The number of nitrogens with zero attached hydrogens (tertiary/aromatic N) is 7. The van der Waals surface area contributed by atoms with Gasteiger partial charge in [-0.1, -0.05) is 19.6 Å². The lowest BCUT2D eigenvalue weighted by molar-refractivity contribution is 0.0926. The third-order valence-corrected chi connectivity index (χ3v) is 8.20. The van der Waals surface area contributed by atoms with Gasteiger partial charge in [0.2, 0.25) is 5.95 Å². The van der Waals surface area contributed by atoms with Crippen molar-refractivity contribution in [1.29, 1.82) is 0 Å². The second-order valence-corrected chi connectivity index (χ2v) is 15.9. The fraction of sp³-hybridized carbons (Fsp3) is 0.400. The molecule has 188 valence electrons. The summed E-state index contributed by atoms with van der Waals surface area (Å²) in [4.78, 5) is 33.0. The number of ether oxygens (including phenoxy) is 1. The summed E-state index contributed by atoms with van der Waals surface area (Å²) >= 11 is 0. The van der Waals surface area contributed by atoms with E-state index in [9.17, 15) is 4.79 Å². The molecule has 1 N–H and O–H groups in total. The molecule has 0 unspecified atom stereocenters. The molecule has 4 aromatic rings. The Kier molecular flexibility index (Phi) is 6.58. The van der Waals surface area contributed by atoms with E-state index in [1.165, 1.54) is 4.90 Å². The molecule has 1 saturated heterocycles. The van der Waals surface area contributed by atoms with Gasteiger partial charge in [0.05, 0.1) is 11.2 Å². The minimum Gasteiger partial charge on any atom is -0.465 e. The number of hydrogen-bond donors (Lipinski definition) is 1. The van der Waals surface area contributed by atoms with Gasteiger partial charge in [-0.3, -0.25) is 4.98 Å². The molecular weight excluding hydrogens is 474 g/mol. The Morgan fingerprint density at radius 2 is 1.78 bits per heavy atom. The van der Waals surface area contributed by atoms with E-state index in [-0.39, 0.29) is 0 Å². The van der Waals surface area contributed by atoms with Gasteiger partial charge in [0, 0.05) is 82.0 Å². The van der Waals surface area contributed by atoms with Crippen LogP contribution in [-0.2, 0) is 11.5 Å². The Labute approximate surface area is 210 Å². The maximum absolute atomic E-state index is 11.1. The van der Waals surface area contributed by atoms with E-state index < -0.39 is 14.2 Å². The first-order valence-electron chi connectivity index (χ1n) is 12.2. The third kappa shape index (κ3) is 5.02. The fourth-order valence-corrected chi connectivity index (χ4v) is 5.11. The summed E-state index contributed by atoms with van der Waals surface area (Å²) in [6.45, 7) is 10.2. The topological polar surface area (TPSA) is 110 Å². The van der Waals surface area contributed by atoms with E-state index in [0.717, 1.165) is 45.8 Å². The van der Waals surface area contributed by atoms with E-state index >= 15 is 0 Å². The maximum Gasteiger partial charge on any atom is 0.407 e. The third-order valence-electron chi connectivity index (χ3n) is 6.49. The smallest absolute Gasteiger partial charge is 0.407 e. The Morgan fingerprint density at radius 3 is 2.47 bits per heavy atom. The number of carbonyl (C=O) groups is 1. The number of hydrogen-bond acceptors (Lipinski definition) is 7. The SMILES string of the molecule is C[Si](C)(C)CCOCn1c2ccncc2c2ccc(-c3cnc(N4CCN(C(=O)O)CC4)nc3)nc21. The lowest BCUT2D eigenvalue weighted by Crippen LogP contribution is -2.48. The van der Waals surface area contributed by atoms with Crippen molar-refractivity contribution < 1.29 is 14.6 Å². The summed E-state index contributed by atoms with van der Waals surface area (Å²) in [6.07, 6.45) is 6.34. The predicted octanol–water partition coefficient (Wildman–Crippen LogP) is 4.15. The molecule has 0 atom stereocenters. The Bertz CT molecular complexity index is 1380. The number of anilines is 1. The number of aromatic nitrogens is 5. The van der Waals surface area contributed by atoms with Crippen molar-refractivity contribution in [2.75, 3.05) is 37.7 Å². The summed E-state index contributed by atoms with van der Waals surface area (Å²) < 4.78 is 8.20. The maximum atomic E-state index is 11.1. The van der Waals surface area contributed by atoms with Crippen LogP contribution >= 0.6 is 0 Å². The molecule has 11 heteroatoms. The number of fused-ring (bicyclic) bond motifs is 3. The first-order valence-corrected chi connectivity index (χ1v) is 15.9. The number of amides is 1. The van der Waals surface area contributed by atoms with Crippen LogP contribution < -0.4 is 4.90 Å². The minimum atomic E-state index is -1.17. The molecular formula is C25H31N7O3Si. The van der Waals surface area contributed by atoms with Crippen molar-refractivity contribution in [3.8, 4) is 11.3 Å². The molecule has 1 amide bonds. The molecule has 1 aliphatic rings. The molecule has 5 rings (SSSR count). The van der Waals surface area contributed by atoms with Crippen LogP contribution in [0.5, 0.6) is 0 Å². The number of rotatable bonds is 7. The minimum absolute atomic E-state index is 0.433. The molecule has 0 radical (unpaired) electrons. The van der Waals surface area contributed by atoms with Gasteiger partial charge < -0.3 is 24.2 Å². The van der Waals surface area contributed by atoms with Gasteiger partial charge in [0.15, 0.2) is 0 Å². The van der Waals surface area contributed by atoms with Crippen LogP contribution in [-0.4, -0.2) is 81.5 Å². The number of pyridine rings is 2. The van der Waals surface area contributed by atoms with Crippen LogP contribution in [0.4, 0.5) is 10.7 Å². The van der Waals surface area contributed by atoms with Crippen LogP contribution in [0.3, 0.4) is 0 Å². The van der Waals surface area contributed by atoms with Crippen molar-refractivity contribution >= 4 is 42.1 Å². The van der Waals surface area contributed by atoms with Gasteiger partial charge in [-0.2, -0.15) is 0 Å². The molecule has 0 spiro atoms. The van der Waals surface area contributed by atoms with Gasteiger partial charge >= 0.3 is 6.09 Å². The Morgan fingerprint density at radius 1 is 1.03 bits per heavy atom. The van der Waals surface area contributed by atoms with Gasteiger partial charge in [-0.15, -0.1) is 0 Å². The first kappa shape index (κ1) is 24.1. The summed E-state index contributed by atoms with van der Waals surface area (Å²) in [5.74, 6) is 0.598. The Hall–Kier alpha value is -3.57. The summed E-state index contributed by atoms with van der Waals surface area (Å²) in [6, 6.07) is 7.16. The molecule has 10 nitrogen and oxygen atoms in total. The van der Waals surface area contributed by atoms with Crippen LogP contribution in [0.15, 0.2) is 43.0 Å². The lowest BCUT2D eigenvalue weighted by atomic mass is 10.2. The summed E-state index contributed by atoms with van der Waals surface area (Å²) in [5, 5.41) is 11.2. The highest BCUT2D eigenvalue weighted by atomic mass is 28.3. The highest BCUT2D eigenvalue weighted by molar-refractivity contribution is 6.76. The highest BCUT2D eigenvalue weighted by Gasteiger charge is 2.22. The second-order valence-electron chi connectivity index (χ2n) is 10.3. The van der Waals surface area contributed by atoms with E-state index in [4.69, 9.17) is 14.8 Å². The van der Waals surface area contributed by atoms with Gasteiger partial charge in [0.1, 0.15) is 12.4 Å². The van der Waals surface area contributed by atoms with Crippen LogP contribution in [0.2, 0.25) is 25.7 Å². The molecule has 36 heavy (non-hydrogen) atoms. The van der Waals surface area contributed by atoms with E-state index in [2.05, 4.69) is 45.2 Å². The van der Waals surface area contributed by atoms with Crippen molar-refractivity contribution in [3.05, 3.63) is 43.0 Å². The zero-order valence-electron chi connectivity index (χ0n) is 20.9. The lowest BCUT2D eigenvalue weighted by Gasteiger charge is -2.32. The van der Waals surface area contributed by atoms with Gasteiger partial charge in [-0.25, -0.2) is 19.7 Å². The fourth-order valence-electron chi connectivity index (χ4n) is 4.35. The average Bonchev–Trinajstić information content (AvgIpc) is 3.19. The van der Waals surface area contributed by atoms with Crippen LogP contribution in [0.25, 0.3) is 33.2 Å². The van der Waals surface area contributed by atoms with Crippen molar-refractivity contribution in [1.82, 2.24) is 29.4 Å². The average molecular weight is 506 g/mol. The zero-order valence-corrected chi connectivity index (χ0v) is 21.9. The molecule has 1 fully saturated rings. The molecule has 1 aliphatic heterocycles. The first-order chi connectivity index (χ1) is 17.3. The van der Waals surface area contributed by atoms with E-state index in [0.29, 0.717) is 38.9 Å². The summed E-state index contributed by atoms with van der Waals surface area (Å²) in [5.41, 5.74) is 3.49. The zero-order chi connectivity index (χ0) is 25.3. The molecule has 0 bridgehead atoms. The van der Waals surface area contributed by atoms with Crippen molar-refractivity contribution in [3.63, 3.8) is 0 Å². The van der Waals surface area contributed by atoms with Gasteiger partial charge in [-0.05, 0) is 24.2 Å². The standard InChI is InChI=1S/C25H31N7O3Si/c1-36(2,3)13-12-35-17-32-22-6-7-26-16-20(22)19-4-5-21(29-23(19)32)18-14-27-24(28-15-18)30-8-10-31(11-9-30)25(33)34/h4-7,14-16H,8-13,17H2,1-3H3,(H,33,34). The summed E-state index contributed by atoms with van der Waals surface area (Å²) in [7, 11) is -1.17. The highest BCUT2D eigenvalue weighted by Crippen LogP contribution is 2.30. The monoisotopic (exact) mass is 505 g/mol. The molecule has 0 saturated carbocycles. The second kappa shape index (κ2) is 9.82. The van der Waals surface area contributed by atoms with Gasteiger partial charge in [0.25, 0.3) is 0 Å². The number of carboxylic acid groups (broad SMARTS) is 1. The molecule has 4 aromatic heterocycles. The predicted molar refractivity (Wildman–Crippen MR) is 142 cm³/mol. The largest absolute Gasteiger partial charge is 0.465 e. The van der Waals surface area contributed by atoms with Crippen LogP contribution in [0, 0.1) is 0 Å².